The first-order valence-corrected chi connectivity index (χ1v) is 12.3. The highest BCUT2D eigenvalue weighted by Gasteiger charge is 2.50. The number of hydrogen-bond acceptors (Lipinski definition) is 3. The largest absolute Gasteiger partial charge is 0.320 e. The molecule has 1 aliphatic heterocycles. The maximum Gasteiger partial charge on any atom is 0.146 e. The van der Waals surface area contributed by atoms with Crippen LogP contribution in [0.2, 0.25) is 10.0 Å². The number of rotatable bonds is 5. The number of hydrogen-bond donors (Lipinski definition) is 0. The number of benzene rings is 4. The molecule has 0 N–H and O–H groups in total. The van der Waals surface area contributed by atoms with Crippen LogP contribution in [0, 0.1) is 0 Å². The molecule has 0 bridgehead atoms. The molecule has 0 radical (unpaired) electrons. The standard InChI is InChI=1S/C30H25Cl2N3/c1-21(33-27-17-13-25(31)14-18-27)30(24-11-7-4-8-12-24)22(2)35(28-19-15-26(32)16-20-28)29(34-30)23-9-5-3-6-10-23/h3-20,22H,1-2H3/b33-21+. The van der Waals surface area contributed by atoms with Crippen molar-refractivity contribution in [1.29, 1.82) is 0 Å². The van der Waals surface area contributed by atoms with Gasteiger partial charge >= 0.3 is 0 Å². The molecule has 0 spiro atoms. The van der Waals surface area contributed by atoms with Crippen LogP contribution >= 0.6 is 23.2 Å². The Labute approximate surface area is 216 Å². The van der Waals surface area contributed by atoms with Gasteiger partial charge in [0, 0.05) is 27.0 Å². The van der Waals surface area contributed by atoms with Gasteiger partial charge in [-0.05, 0) is 67.9 Å². The van der Waals surface area contributed by atoms with E-state index in [-0.39, 0.29) is 6.04 Å². The van der Waals surface area contributed by atoms with Crippen molar-refractivity contribution in [3.05, 3.63) is 130 Å². The van der Waals surface area contributed by atoms with E-state index < -0.39 is 5.54 Å². The van der Waals surface area contributed by atoms with Crippen molar-refractivity contribution in [2.24, 2.45) is 9.98 Å². The van der Waals surface area contributed by atoms with Crippen LogP contribution in [0.3, 0.4) is 0 Å². The fourth-order valence-electron chi connectivity index (χ4n) is 4.81. The highest BCUT2D eigenvalue weighted by Crippen LogP contribution is 2.43. The lowest BCUT2D eigenvalue weighted by atomic mass is 9.80. The lowest BCUT2D eigenvalue weighted by Gasteiger charge is -2.36. The van der Waals surface area contributed by atoms with Gasteiger partial charge in [0.1, 0.15) is 11.4 Å². The van der Waals surface area contributed by atoms with Gasteiger partial charge < -0.3 is 4.90 Å². The first-order chi connectivity index (χ1) is 17.0. The van der Waals surface area contributed by atoms with Gasteiger partial charge in [-0.15, -0.1) is 0 Å². The molecule has 2 atom stereocenters. The average molecular weight is 498 g/mol. The molecule has 0 saturated heterocycles. The van der Waals surface area contributed by atoms with E-state index in [2.05, 4.69) is 55.1 Å². The fraction of sp³-hybridized carbons (Fsp3) is 0.133. The molecule has 0 amide bonds. The van der Waals surface area contributed by atoms with Gasteiger partial charge in [0.15, 0.2) is 0 Å². The summed E-state index contributed by atoms with van der Waals surface area (Å²) in [6, 6.07) is 36.2. The second-order valence-electron chi connectivity index (χ2n) is 8.63. The van der Waals surface area contributed by atoms with Crippen molar-refractivity contribution in [1.82, 2.24) is 0 Å². The summed E-state index contributed by atoms with van der Waals surface area (Å²) in [6.07, 6.45) is 0. The number of amidine groups is 1. The lowest BCUT2D eigenvalue weighted by molar-refractivity contribution is 0.528. The molecule has 1 aliphatic rings. The minimum Gasteiger partial charge on any atom is -0.320 e. The van der Waals surface area contributed by atoms with Crippen molar-refractivity contribution in [3.63, 3.8) is 0 Å². The molecule has 0 aliphatic carbocycles. The first kappa shape index (κ1) is 23.3. The molecule has 35 heavy (non-hydrogen) atoms. The fourth-order valence-corrected chi connectivity index (χ4v) is 5.06. The smallest absolute Gasteiger partial charge is 0.146 e. The maximum absolute atomic E-state index is 6.23. The zero-order valence-corrected chi connectivity index (χ0v) is 21.1. The molecule has 5 heteroatoms. The summed E-state index contributed by atoms with van der Waals surface area (Å²) < 4.78 is 0. The third-order valence-corrected chi connectivity index (χ3v) is 7.03. The molecule has 174 valence electrons. The average Bonchev–Trinajstić information content (AvgIpc) is 3.21. The Kier molecular flexibility index (Phi) is 6.46. The van der Waals surface area contributed by atoms with Gasteiger partial charge in [0.25, 0.3) is 0 Å². The Morgan fingerprint density at radius 2 is 1.31 bits per heavy atom. The predicted octanol–water partition coefficient (Wildman–Crippen LogP) is 8.34. The molecule has 2 unspecified atom stereocenters. The van der Waals surface area contributed by atoms with Gasteiger partial charge in [0.05, 0.1) is 11.7 Å². The van der Waals surface area contributed by atoms with E-state index in [9.17, 15) is 0 Å². The summed E-state index contributed by atoms with van der Waals surface area (Å²) in [6.45, 7) is 4.28. The van der Waals surface area contributed by atoms with Crippen LogP contribution in [-0.4, -0.2) is 17.6 Å². The summed E-state index contributed by atoms with van der Waals surface area (Å²) in [5, 5.41) is 1.39. The van der Waals surface area contributed by atoms with E-state index in [0.29, 0.717) is 10.0 Å². The van der Waals surface area contributed by atoms with Gasteiger partial charge in [-0.2, -0.15) is 0 Å². The number of anilines is 1. The molecule has 0 fully saturated rings. The van der Waals surface area contributed by atoms with Crippen LogP contribution in [0.25, 0.3) is 0 Å². The van der Waals surface area contributed by atoms with Crippen LogP contribution < -0.4 is 4.90 Å². The summed E-state index contributed by atoms with van der Waals surface area (Å²) in [5.41, 5.74) is 4.21. The molecule has 0 aromatic heterocycles. The summed E-state index contributed by atoms with van der Waals surface area (Å²) >= 11 is 12.4. The van der Waals surface area contributed by atoms with E-state index in [4.69, 9.17) is 33.2 Å². The summed E-state index contributed by atoms with van der Waals surface area (Å²) in [5.74, 6) is 0.898. The Morgan fingerprint density at radius 1 is 0.771 bits per heavy atom. The van der Waals surface area contributed by atoms with E-state index >= 15 is 0 Å². The maximum atomic E-state index is 6.23. The van der Waals surface area contributed by atoms with Crippen LogP contribution in [0.1, 0.15) is 25.0 Å². The Hall–Kier alpha value is -3.40. The van der Waals surface area contributed by atoms with Gasteiger partial charge in [-0.25, -0.2) is 4.99 Å². The highest BCUT2D eigenvalue weighted by molar-refractivity contribution is 6.31. The van der Waals surface area contributed by atoms with Crippen LogP contribution in [-0.2, 0) is 5.54 Å². The molecule has 0 saturated carbocycles. The normalized spacial score (nSPS) is 20.1. The molecule has 4 aromatic carbocycles. The second-order valence-corrected chi connectivity index (χ2v) is 9.50. The van der Waals surface area contributed by atoms with Gasteiger partial charge in [-0.3, -0.25) is 4.99 Å². The lowest BCUT2D eigenvalue weighted by Crippen LogP contribution is -2.47. The van der Waals surface area contributed by atoms with E-state index in [0.717, 1.165) is 34.0 Å². The third kappa shape index (κ3) is 4.38. The van der Waals surface area contributed by atoms with Crippen molar-refractivity contribution >= 4 is 46.1 Å². The minimum atomic E-state index is -0.703. The molecular formula is C30H25Cl2N3. The summed E-state index contributed by atoms with van der Waals surface area (Å²) in [4.78, 5) is 12.8. The summed E-state index contributed by atoms with van der Waals surface area (Å²) in [7, 11) is 0. The number of halogens is 2. The van der Waals surface area contributed by atoms with Gasteiger partial charge in [-0.1, -0.05) is 83.9 Å². The van der Waals surface area contributed by atoms with Crippen molar-refractivity contribution in [3.8, 4) is 0 Å². The Balaban J connectivity index is 1.75. The SMILES string of the molecule is C/C(=N\c1ccc(Cl)cc1)C1(c2ccccc2)N=C(c2ccccc2)N(c2ccc(Cl)cc2)C1C. The van der Waals surface area contributed by atoms with E-state index in [1.807, 2.05) is 72.8 Å². The molecule has 4 aromatic rings. The number of aliphatic imine (C=N–C) groups is 2. The van der Waals surface area contributed by atoms with Crippen LogP contribution in [0.15, 0.2) is 119 Å². The topological polar surface area (TPSA) is 28.0 Å². The van der Waals surface area contributed by atoms with E-state index in [1.54, 1.807) is 0 Å². The molecule has 5 rings (SSSR count). The van der Waals surface area contributed by atoms with Crippen molar-refractivity contribution < 1.29 is 0 Å². The molecule has 1 heterocycles. The van der Waals surface area contributed by atoms with Crippen LogP contribution in [0.4, 0.5) is 11.4 Å². The minimum absolute atomic E-state index is 0.0580. The second kappa shape index (κ2) is 9.69. The Morgan fingerprint density at radius 3 is 1.91 bits per heavy atom. The zero-order valence-electron chi connectivity index (χ0n) is 19.6. The van der Waals surface area contributed by atoms with Crippen molar-refractivity contribution in [2.75, 3.05) is 4.90 Å². The quantitative estimate of drug-likeness (QED) is 0.254. The van der Waals surface area contributed by atoms with E-state index in [1.165, 1.54) is 0 Å². The highest BCUT2D eigenvalue weighted by atomic mass is 35.5. The number of nitrogens with zero attached hydrogens (tertiary/aromatic N) is 3. The Bertz CT molecular complexity index is 1370. The molecular weight excluding hydrogens is 473 g/mol. The third-order valence-electron chi connectivity index (χ3n) is 6.53. The monoisotopic (exact) mass is 497 g/mol. The zero-order chi connectivity index (χ0) is 24.4. The predicted molar refractivity (Wildman–Crippen MR) is 149 cm³/mol. The van der Waals surface area contributed by atoms with Crippen LogP contribution in [0.5, 0.6) is 0 Å². The molecule has 3 nitrogen and oxygen atoms in total. The van der Waals surface area contributed by atoms with Crippen molar-refractivity contribution in [2.45, 2.75) is 25.4 Å². The first-order valence-electron chi connectivity index (χ1n) is 11.6. The van der Waals surface area contributed by atoms with Gasteiger partial charge in [0.2, 0.25) is 0 Å².